The van der Waals surface area contributed by atoms with Crippen molar-refractivity contribution in [2.24, 2.45) is 0 Å². The first-order chi connectivity index (χ1) is 9.04. The van der Waals surface area contributed by atoms with E-state index in [0.29, 0.717) is 11.6 Å². The third-order valence-corrected chi connectivity index (χ3v) is 2.48. The predicted octanol–water partition coefficient (Wildman–Crippen LogP) is 2.37. The van der Waals surface area contributed by atoms with Gasteiger partial charge in [-0.05, 0) is 38.1 Å². The van der Waals surface area contributed by atoms with Gasteiger partial charge < -0.3 is 9.84 Å². The monoisotopic (exact) mass is 258 g/mol. The normalized spacial score (nSPS) is 10.2. The van der Waals surface area contributed by atoms with E-state index < -0.39 is 5.97 Å². The van der Waals surface area contributed by atoms with Crippen LogP contribution >= 0.6 is 0 Å². The molecule has 1 N–H and O–H groups in total. The minimum absolute atomic E-state index is 0.193. The van der Waals surface area contributed by atoms with E-state index in [2.05, 4.69) is 9.97 Å². The summed E-state index contributed by atoms with van der Waals surface area (Å²) in [7, 11) is 0. The summed E-state index contributed by atoms with van der Waals surface area (Å²) in [4.78, 5) is 19.3. The Bertz CT molecular complexity index is 591. The van der Waals surface area contributed by atoms with Gasteiger partial charge in [0.25, 0.3) is 0 Å². The van der Waals surface area contributed by atoms with Gasteiger partial charge in [0.1, 0.15) is 12.4 Å². The molecule has 1 aromatic carbocycles. The fourth-order valence-electron chi connectivity index (χ4n) is 1.73. The van der Waals surface area contributed by atoms with Crippen LogP contribution in [0.25, 0.3) is 0 Å². The number of ether oxygens (including phenoxy) is 1. The first-order valence-electron chi connectivity index (χ1n) is 5.82. The van der Waals surface area contributed by atoms with Crippen LogP contribution in [-0.4, -0.2) is 21.0 Å². The fraction of sp³-hybridized carbons (Fsp3) is 0.214. The quantitative estimate of drug-likeness (QED) is 0.911. The van der Waals surface area contributed by atoms with Crippen molar-refractivity contribution in [3.63, 3.8) is 0 Å². The van der Waals surface area contributed by atoms with Gasteiger partial charge in [0.05, 0.1) is 5.56 Å². The van der Waals surface area contributed by atoms with Gasteiger partial charge in [-0.2, -0.15) is 0 Å². The summed E-state index contributed by atoms with van der Waals surface area (Å²) in [6.45, 7) is 4.00. The smallest absolute Gasteiger partial charge is 0.335 e. The molecule has 0 radical (unpaired) electrons. The van der Waals surface area contributed by atoms with Gasteiger partial charge >= 0.3 is 5.97 Å². The van der Waals surface area contributed by atoms with Crippen LogP contribution in [0.1, 0.15) is 27.6 Å². The average Bonchev–Trinajstić information content (AvgIpc) is 2.35. The molecule has 2 rings (SSSR count). The topological polar surface area (TPSA) is 72.3 Å². The lowest BCUT2D eigenvalue weighted by molar-refractivity contribution is 0.0696. The third-order valence-electron chi connectivity index (χ3n) is 2.48. The van der Waals surface area contributed by atoms with E-state index in [1.807, 2.05) is 19.9 Å². The van der Waals surface area contributed by atoms with Gasteiger partial charge in [0.2, 0.25) is 0 Å². The van der Waals surface area contributed by atoms with E-state index in [4.69, 9.17) is 9.84 Å². The van der Waals surface area contributed by atoms with Crippen molar-refractivity contribution in [3.8, 4) is 5.75 Å². The minimum Gasteiger partial charge on any atom is -0.486 e. The number of aryl methyl sites for hydroxylation is 2. The maximum Gasteiger partial charge on any atom is 0.335 e. The van der Waals surface area contributed by atoms with Crippen molar-refractivity contribution in [2.45, 2.75) is 20.5 Å². The number of rotatable bonds is 4. The second-order valence-corrected chi connectivity index (χ2v) is 4.19. The van der Waals surface area contributed by atoms with E-state index in [0.717, 1.165) is 11.4 Å². The van der Waals surface area contributed by atoms with E-state index >= 15 is 0 Å². The highest BCUT2D eigenvalue weighted by Crippen LogP contribution is 2.14. The highest BCUT2D eigenvalue weighted by Gasteiger charge is 2.05. The van der Waals surface area contributed by atoms with Crippen molar-refractivity contribution in [1.82, 2.24) is 9.97 Å². The lowest BCUT2D eigenvalue weighted by Crippen LogP contribution is -2.04. The molecule has 0 aliphatic heterocycles. The molecule has 98 valence electrons. The Labute approximate surface area is 110 Å². The zero-order valence-corrected chi connectivity index (χ0v) is 10.8. The molecule has 5 heteroatoms. The zero-order chi connectivity index (χ0) is 13.8. The van der Waals surface area contributed by atoms with E-state index in [-0.39, 0.29) is 12.2 Å². The summed E-state index contributed by atoms with van der Waals surface area (Å²) in [5.74, 6) is 0.0917. The van der Waals surface area contributed by atoms with Crippen molar-refractivity contribution in [1.29, 1.82) is 0 Å². The van der Waals surface area contributed by atoms with Gasteiger partial charge in [-0.3, -0.25) is 0 Å². The van der Waals surface area contributed by atoms with Crippen LogP contribution in [0.4, 0.5) is 0 Å². The molecule has 1 heterocycles. The van der Waals surface area contributed by atoms with Crippen molar-refractivity contribution >= 4 is 5.97 Å². The lowest BCUT2D eigenvalue weighted by atomic mass is 10.2. The zero-order valence-electron chi connectivity index (χ0n) is 10.8. The predicted molar refractivity (Wildman–Crippen MR) is 69.2 cm³/mol. The van der Waals surface area contributed by atoms with Crippen LogP contribution in [-0.2, 0) is 6.61 Å². The Morgan fingerprint density at radius 2 is 1.89 bits per heavy atom. The lowest BCUT2D eigenvalue weighted by Gasteiger charge is -2.07. The fourth-order valence-corrected chi connectivity index (χ4v) is 1.73. The minimum atomic E-state index is -0.979. The summed E-state index contributed by atoms with van der Waals surface area (Å²) in [5.41, 5.74) is 1.95. The van der Waals surface area contributed by atoms with Gasteiger partial charge in [0, 0.05) is 11.4 Å². The van der Waals surface area contributed by atoms with Gasteiger partial charge in [-0.15, -0.1) is 0 Å². The molecule has 0 spiro atoms. The van der Waals surface area contributed by atoms with Crippen LogP contribution in [0.3, 0.4) is 0 Å². The summed E-state index contributed by atoms with van der Waals surface area (Å²) in [5, 5.41) is 8.89. The SMILES string of the molecule is Cc1cc(C)nc(COc2cccc(C(=O)O)c2)n1. The van der Waals surface area contributed by atoms with Gasteiger partial charge in [0.15, 0.2) is 5.82 Å². The Hall–Kier alpha value is -2.43. The maximum atomic E-state index is 10.8. The molecule has 1 aromatic heterocycles. The van der Waals surface area contributed by atoms with Crippen molar-refractivity contribution in [3.05, 3.63) is 53.1 Å². The second kappa shape index (κ2) is 5.48. The number of nitrogens with zero attached hydrogens (tertiary/aromatic N) is 2. The number of carboxylic acid groups (broad SMARTS) is 1. The van der Waals surface area contributed by atoms with E-state index in [1.165, 1.54) is 12.1 Å². The molecule has 0 amide bonds. The standard InChI is InChI=1S/C14H14N2O3/c1-9-6-10(2)16-13(15-9)8-19-12-5-3-4-11(7-12)14(17)18/h3-7H,8H2,1-2H3,(H,17,18). The van der Waals surface area contributed by atoms with Crippen LogP contribution in [0.5, 0.6) is 5.75 Å². The number of hydrogen-bond acceptors (Lipinski definition) is 4. The summed E-state index contributed by atoms with van der Waals surface area (Å²) >= 11 is 0. The first kappa shape index (κ1) is 13.0. The van der Waals surface area contributed by atoms with Crippen molar-refractivity contribution in [2.75, 3.05) is 0 Å². The number of aromatic nitrogens is 2. The number of benzene rings is 1. The third kappa shape index (κ3) is 3.51. The average molecular weight is 258 g/mol. The molecule has 19 heavy (non-hydrogen) atoms. The van der Waals surface area contributed by atoms with Crippen LogP contribution in [0.15, 0.2) is 30.3 Å². The van der Waals surface area contributed by atoms with Crippen LogP contribution < -0.4 is 4.74 Å². The number of carboxylic acids is 1. The Kier molecular flexibility index (Phi) is 3.75. The molecule has 0 aliphatic carbocycles. The molecular weight excluding hydrogens is 244 g/mol. The number of hydrogen-bond donors (Lipinski definition) is 1. The number of aromatic carboxylic acids is 1. The number of carbonyl (C=O) groups is 1. The Morgan fingerprint density at radius 3 is 2.53 bits per heavy atom. The Morgan fingerprint density at radius 1 is 1.21 bits per heavy atom. The second-order valence-electron chi connectivity index (χ2n) is 4.19. The van der Waals surface area contributed by atoms with Crippen LogP contribution in [0, 0.1) is 13.8 Å². The Balaban J connectivity index is 2.10. The first-order valence-corrected chi connectivity index (χ1v) is 5.82. The molecule has 0 saturated heterocycles. The summed E-state index contributed by atoms with van der Waals surface area (Å²) in [6.07, 6.45) is 0. The molecule has 5 nitrogen and oxygen atoms in total. The largest absolute Gasteiger partial charge is 0.486 e. The molecule has 0 bridgehead atoms. The molecule has 0 aliphatic rings. The highest BCUT2D eigenvalue weighted by molar-refractivity contribution is 5.87. The highest BCUT2D eigenvalue weighted by atomic mass is 16.5. The summed E-state index contributed by atoms with van der Waals surface area (Å²) in [6, 6.07) is 8.22. The molecule has 0 atom stereocenters. The van der Waals surface area contributed by atoms with Crippen LogP contribution in [0.2, 0.25) is 0 Å². The van der Waals surface area contributed by atoms with E-state index in [9.17, 15) is 4.79 Å². The molecule has 0 fully saturated rings. The molecular formula is C14H14N2O3. The van der Waals surface area contributed by atoms with Crippen molar-refractivity contribution < 1.29 is 14.6 Å². The van der Waals surface area contributed by atoms with Gasteiger partial charge in [-0.25, -0.2) is 14.8 Å². The maximum absolute atomic E-state index is 10.8. The van der Waals surface area contributed by atoms with Gasteiger partial charge in [-0.1, -0.05) is 6.07 Å². The molecule has 2 aromatic rings. The molecule has 0 saturated carbocycles. The van der Waals surface area contributed by atoms with E-state index in [1.54, 1.807) is 12.1 Å². The molecule has 0 unspecified atom stereocenters. The summed E-state index contributed by atoms with van der Waals surface area (Å²) < 4.78 is 5.50.